The lowest BCUT2D eigenvalue weighted by molar-refractivity contribution is -0.151. The van der Waals surface area contributed by atoms with E-state index in [1.807, 2.05) is 6.92 Å². The molecule has 0 saturated heterocycles. The van der Waals surface area contributed by atoms with Crippen molar-refractivity contribution in [2.45, 2.75) is 26.2 Å². The Hall–Kier alpha value is -3.33. The highest BCUT2D eigenvalue weighted by atomic mass is 16.7. The molecule has 1 N–H and O–H groups in total. The quantitative estimate of drug-likeness (QED) is 0.391. The van der Waals surface area contributed by atoms with Gasteiger partial charge in [0.2, 0.25) is 6.79 Å². The molecule has 176 valence electrons. The lowest BCUT2D eigenvalue weighted by atomic mass is 9.69. The Kier molecular flexibility index (Phi) is 6.42. The minimum absolute atomic E-state index is 0.0711. The molecule has 0 fully saturated rings. The average molecular weight is 457 g/mol. The van der Waals surface area contributed by atoms with E-state index in [2.05, 4.69) is 5.32 Å². The molecule has 9 nitrogen and oxygen atoms in total. The number of methoxy groups -OCH3 is 2. The van der Waals surface area contributed by atoms with Crippen molar-refractivity contribution in [1.29, 1.82) is 0 Å². The van der Waals surface area contributed by atoms with Gasteiger partial charge < -0.3 is 29.0 Å². The molecule has 1 aliphatic carbocycles. The van der Waals surface area contributed by atoms with Crippen molar-refractivity contribution in [3.63, 3.8) is 0 Å². The van der Waals surface area contributed by atoms with E-state index < -0.39 is 23.8 Å². The van der Waals surface area contributed by atoms with Crippen LogP contribution in [0.2, 0.25) is 0 Å². The number of ketones is 1. The van der Waals surface area contributed by atoms with E-state index in [4.69, 9.17) is 23.7 Å². The summed E-state index contributed by atoms with van der Waals surface area (Å²) < 4.78 is 26.3. The van der Waals surface area contributed by atoms with Crippen molar-refractivity contribution in [3.05, 3.63) is 46.3 Å². The molecule has 9 heteroatoms. The predicted molar refractivity (Wildman–Crippen MR) is 115 cm³/mol. The molecule has 0 amide bonds. The van der Waals surface area contributed by atoms with Crippen LogP contribution in [0, 0.1) is 11.8 Å². The highest BCUT2D eigenvalue weighted by Gasteiger charge is 2.47. The zero-order valence-corrected chi connectivity index (χ0v) is 19.1. The van der Waals surface area contributed by atoms with Gasteiger partial charge in [0.1, 0.15) is 12.5 Å². The zero-order chi connectivity index (χ0) is 23.7. The molecule has 3 aliphatic rings. The Labute approximate surface area is 191 Å². The first-order chi connectivity index (χ1) is 15.9. The fourth-order valence-electron chi connectivity index (χ4n) is 4.67. The van der Waals surface area contributed by atoms with Crippen molar-refractivity contribution in [2.24, 2.45) is 11.8 Å². The van der Waals surface area contributed by atoms with Crippen LogP contribution >= 0.6 is 0 Å². The number of fused-ring (bicyclic) bond motifs is 1. The van der Waals surface area contributed by atoms with Gasteiger partial charge in [-0.15, -0.1) is 0 Å². The topological polar surface area (TPSA) is 109 Å². The second-order valence-electron chi connectivity index (χ2n) is 8.28. The van der Waals surface area contributed by atoms with Crippen molar-refractivity contribution >= 4 is 17.7 Å². The van der Waals surface area contributed by atoms with Gasteiger partial charge >= 0.3 is 11.9 Å². The molecule has 0 spiro atoms. The van der Waals surface area contributed by atoms with Crippen LogP contribution in [0.4, 0.5) is 0 Å². The molecule has 0 unspecified atom stereocenters. The largest absolute Gasteiger partial charge is 0.468 e. The summed E-state index contributed by atoms with van der Waals surface area (Å²) in [4.78, 5) is 39.3. The second kappa shape index (κ2) is 9.27. The first-order valence-electron chi connectivity index (χ1n) is 10.8. The molecule has 2 heterocycles. The normalized spacial score (nSPS) is 23.8. The summed E-state index contributed by atoms with van der Waals surface area (Å²) in [5.74, 6) is -2.33. The third kappa shape index (κ3) is 4.08. The average Bonchev–Trinajstić information content (AvgIpc) is 3.25. The first kappa shape index (κ1) is 22.8. The summed E-state index contributed by atoms with van der Waals surface area (Å²) >= 11 is 0. The standard InChI is InChI=1S/C24H27NO8/c1-12-9-15-21(22(26)18(12)23(27)30-4)20(14-5-6-16-17(10-14)33-11-32-16)19(13(2)25-15)24(28)31-8-7-29-3/h5-6,10,12,18,20,25H,7-9,11H2,1-4H3/t12-,18+,20+/m0/s1. The Morgan fingerprint density at radius 1 is 1.15 bits per heavy atom. The second-order valence-corrected chi connectivity index (χ2v) is 8.28. The number of carbonyl (C=O) groups excluding carboxylic acids is 3. The third-order valence-electron chi connectivity index (χ3n) is 6.21. The van der Waals surface area contributed by atoms with Gasteiger partial charge in [-0.05, 0) is 37.0 Å². The van der Waals surface area contributed by atoms with Crippen LogP contribution in [0.5, 0.6) is 11.5 Å². The zero-order valence-electron chi connectivity index (χ0n) is 19.1. The van der Waals surface area contributed by atoms with E-state index in [1.54, 1.807) is 25.1 Å². The van der Waals surface area contributed by atoms with E-state index in [-0.39, 0.29) is 31.7 Å². The maximum atomic E-state index is 13.7. The number of benzene rings is 1. The number of rotatable bonds is 6. The van der Waals surface area contributed by atoms with Gasteiger partial charge in [-0.25, -0.2) is 4.79 Å². The predicted octanol–water partition coefficient (Wildman–Crippen LogP) is 2.22. The van der Waals surface area contributed by atoms with Crippen molar-refractivity contribution in [1.82, 2.24) is 5.32 Å². The molecular formula is C24H27NO8. The van der Waals surface area contributed by atoms with Gasteiger partial charge in [-0.2, -0.15) is 0 Å². The third-order valence-corrected chi connectivity index (χ3v) is 6.21. The SMILES string of the molecule is COCCOC(=O)C1=C(C)NC2=C(C(=O)[C@H](C(=O)OC)[C@@H](C)C2)[C@@H]1c1ccc2c(c1)OCO2. The van der Waals surface area contributed by atoms with Gasteiger partial charge in [0.15, 0.2) is 17.3 Å². The number of hydrogen-bond donors (Lipinski definition) is 1. The summed E-state index contributed by atoms with van der Waals surface area (Å²) in [6, 6.07) is 5.30. The van der Waals surface area contributed by atoms with Crippen molar-refractivity contribution in [2.75, 3.05) is 34.2 Å². The van der Waals surface area contributed by atoms with Crippen molar-refractivity contribution in [3.8, 4) is 11.5 Å². The molecule has 0 saturated carbocycles. The monoisotopic (exact) mass is 457 g/mol. The van der Waals surface area contributed by atoms with Crippen LogP contribution in [0.3, 0.4) is 0 Å². The summed E-state index contributed by atoms with van der Waals surface area (Å²) in [6.07, 6.45) is 0.464. The number of dihydropyridines is 1. The Morgan fingerprint density at radius 2 is 1.91 bits per heavy atom. The number of ether oxygens (including phenoxy) is 5. The number of esters is 2. The van der Waals surface area contributed by atoms with Crippen LogP contribution in [0.25, 0.3) is 0 Å². The maximum absolute atomic E-state index is 13.7. The molecule has 0 aromatic heterocycles. The van der Waals surface area contributed by atoms with Crippen LogP contribution in [-0.2, 0) is 28.6 Å². The molecule has 1 aromatic rings. The number of carbonyl (C=O) groups is 3. The minimum atomic E-state index is -0.948. The Bertz CT molecular complexity index is 1060. The molecule has 0 radical (unpaired) electrons. The lowest BCUT2D eigenvalue weighted by Crippen LogP contribution is -2.43. The smallest absolute Gasteiger partial charge is 0.336 e. The van der Waals surface area contributed by atoms with Gasteiger partial charge in [0, 0.05) is 30.0 Å². The van der Waals surface area contributed by atoms with Crippen LogP contribution < -0.4 is 14.8 Å². The van der Waals surface area contributed by atoms with E-state index in [0.717, 1.165) is 0 Å². The summed E-state index contributed by atoms with van der Waals surface area (Å²) in [5.41, 5.74) is 2.62. The van der Waals surface area contributed by atoms with E-state index in [9.17, 15) is 14.4 Å². The lowest BCUT2D eigenvalue weighted by Gasteiger charge is -2.38. The van der Waals surface area contributed by atoms with Crippen LogP contribution in [0.1, 0.15) is 31.7 Å². The fourth-order valence-corrected chi connectivity index (χ4v) is 4.67. The first-order valence-corrected chi connectivity index (χ1v) is 10.8. The molecule has 4 rings (SSSR count). The van der Waals surface area contributed by atoms with Crippen LogP contribution in [-0.4, -0.2) is 51.9 Å². The number of allylic oxidation sites excluding steroid dienone is 3. The number of nitrogens with one attached hydrogen (secondary N) is 1. The van der Waals surface area contributed by atoms with Gasteiger partial charge in [0.05, 0.1) is 19.3 Å². The molecule has 33 heavy (non-hydrogen) atoms. The van der Waals surface area contributed by atoms with E-state index in [1.165, 1.54) is 14.2 Å². The molecule has 2 aliphatic heterocycles. The van der Waals surface area contributed by atoms with E-state index in [0.29, 0.717) is 46.0 Å². The van der Waals surface area contributed by atoms with Crippen molar-refractivity contribution < 1.29 is 38.1 Å². The van der Waals surface area contributed by atoms with Crippen LogP contribution in [0.15, 0.2) is 40.7 Å². The summed E-state index contributed by atoms with van der Waals surface area (Å²) in [6.45, 7) is 4.03. The minimum Gasteiger partial charge on any atom is -0.468 e. The van der Waals surface area contributed by atoms with Gasteiger partial charge in [-0.1, -0.05) is 13.0 Å². The van der Waals surface area contributed by atoms with Gasteiger partial charge in [-0.3, -0.25) is 9.59 Å². The molecule has 3 atom stereocenters. The number of Topliss-reactive ketones (excluding diaryl/α,β-unsaturated/α-hetero) is 1. The highest BCUT2D eigenvalue weighted by Crippen LogP contribution is 2.47. The Morgan fingerprint density at radius 3 is 2.64 bits per heavy atom. The van der Waals surface area contributed by atoms with Gasteiger partial charge in [0.25, 0.3) is 0 Å². The fraction of sp³-hybridized carbons (Fsp3) is 0.458. The summed E-state index contributed by atoms with van der Waals surface area (Å²) in [7, 11) is 2.78. The summed E-state index contributed by atoms with van der Waals surface area (Å²) in [5, 5.41) is 3.23. The molecule has 1 aromatic carbocycles. The molecule has 0 bridgehead atoms. The van der Waals surface area contributed by atoms with E-state index >= 15 is 0 Å². The number of hydrogen-bond acceptors (Lipinski definition) is 9. The molecular weight excluding hydrogens is 430 g/mol. The maximum Gasteiger partial charge on any atom is 0.336 e. The Balaban J connectivity index is 1.82. The highest BCUT2D eigenvalue weighted by molar-refractivity contribution is 6.12.